The van der Waals surface area contributed by atoms with Gasteiger partial charge in [-0.2, -0.15) is 0 Å². The zero-order chi connectivity index (χ0) is 24.2. The molecule has 0 atom stereocenters. The number of fused-ring (bicyclic) bond motifs is 8. The van der Waals surface area contributed by atoms with Crippen LogP contribution >= 0.6 is 0 Å². The fraction of sp³-hybridized carbons (Fsp3) is 0.235. The largest absolute Gasteiger partial charge is 0.456 e. The molecule has 0 bridgehead atoms. The number of hydrogen-bond acceptors (Lipinski definition) is 2. The summed E-state index contributed by atoms with van der Waals surface area (Å²) in [6.45, 7) is 4.49. The Kier molecular flexibility index (Phi) is 5.02. The molecule has 0 saturated carbocycles. The standard InChI is InChI=1S/C34H30O2/c1-3-5-7-21-9-11-23-17-31-27(15-25(23)13-21)29-19-34-30(20-33(29)35-31)28-16-26-14-22(8-6-4-2)10-12-24(26)18-32(28)36-34/h9-20H,3-8H2,1-2H3. The van der Waals surface area contributed by atoms with Crippen molar-refractivity contribution < 1.29 is 8.83 Å². The lowest BCUT2D eigenvalue weighted by Gasteiger charge is -2.03. The number of rotatable bonds is 6. The Labute approximate surface area is 210 Å². The molecule has 178 valence electrons. The quantitative estimate of drug-likeness (QED) is 0.242. The Bertz CT molecular complexity index is 1770. The zero-order valence-corrected chi connectivity index (χ0v) is 21.0. The maximum absolute atomic E-state index is 6.39. The molecule has 0 aliphatic heterocycles. The monoisotopic (exact) mass is 470 g/mol. The maximum atomic E-state index is 6.39. The number of benzene rings is 5. The van der Waals surface area contributed by atoms with Crippen LogP contribution in [0.1, 0.15) is 50.7 Å². The maximum Gasteiger partial charge on any atom is 0.136 e. The Balaban J connectivity index is 1.40. The van der Waals surface area contributed by atoms with Crippen molar-refractivity contribution in [1.82, 2.24) is 0 Å². The summed E-state index contributed by atoms with van der Waals surface area (Å²) in [5.74, 6) is 0. The lowest BCUT2D eigenvalue weighted by Crippen LogP contribution is -1.84. The third-order valence-corrected chi connectivity index (χ3v) is 7.75. The van der Waals surface area contributed by atoms with Crippen molar-refractivity contribution in [3.05, 3.63) is 83.9 Å². The first-order valence-electron chi connectivity index (χ1n) is 13.4. The van der Waals surface area contributed by atoms with E-state index in [0.717, 1.165) is 56.7 Å². The predicted molar refractivity (Wildman–Crippen MR) is 153 cm³/mol. The third kappa shape index (κ3) is 3.47. The van der Waals surface area contributed by atoms with E-state index < -0.39 is 0 Å². The molecule has 0 aliphatic rings. The second-order valence-corrected chi connectivity index (χ2v) is 10.3. The molecular formula is C34H30O2. The van der Waals surface area contributed by atoms with E-state index >= 15 is 0 Å². The van der Waals surface area contributed by atoms with Crippen LogP contribution in [0.25, 0.3) is 65.4 Å². The molecule has 0 unspecified atom stereocenters. The molecule has 0 saturated heterocycles. The molecule has 2 aromatic heterocycles. The highest BCUT2D eigenvalue weighted by Gasteiger charge is 2.15. The topological polar surface area (TPSA) is 26.3 Å². The molecule has 0 fully saturated rings. The van der Waals surface area contributed by atoms with E-state index in [4.69, 9.17) is 8.83 Å². The summed E-state index contributed by atoms with van der Waals surface area (Å²) in [5, 5.41) is 9.52. The van der Waals surface area contributed by atoms with Crippen LogP contribution in [0.4, 0.5) is 0 Å². The van der Waals surface area contributed by atoms with Crippen molar-refractivity contribution in [3.8, 4) is 0 Å². The smallest absolute Gasteiger partial charge is 0.136 e. The minimum absolute atomic E-state index is 0.915. The molecule has 0 radical (unpaired) electrons. The lowest BCUT2D eigenvalue weighted by atomic mass is 10.00. The Morgan fingerprint density at radius 3 is 1.31 bits per heavy atom. The van der Waals surface area contributed by atoms with Crippen molar-refractivity contribution in [2.45, 2.75) is 52.4 Å². The van der Waals surface area contributed by atoms with E-state index in [1.807, 2.05) is 0 Å². The van der Waals surface area contributed by atoms with Crippen LogP contribution in [-0.2, 0) is 12.8 Å². The Hall–Kier alpha value is -3.78. The lowest BCUT2D eigenvalue weighted by molar-refractivity contribution is 0.664. The van der Waals surface area contributed by atoms with Crippen molar-refractivity contribution in [1.29, 1.82) is 0 Å². The van der Waals surface area contributed by atoms with Crippen LogP contribution in [0.5, 0.6) is 0 Å². The normalized spacial score (nSPS) is 12.3. The summed E-state index contributed by atoms with van der Waals surface area (Å²) in [4.78, 5) is 0. The zero-order valence-electron chi connectivity index (χ0n) is 21.0. The third-order valence-electron chi connectivity index (χ3n) is 7.75. The van der Waals surface area contributed by atoms with E-state index in [9.17, 15) is 0 Å². The summed E-state index contributed by atoms with van der Waals surface area (Å²) < 4.78 is 12.8. The SMILES string of the molecule is CCCCc1ccc2cc3oc4cc5c(cc4c3cc2c1)oc1cc2ccc(CCCC)cc2cc15. The molecule has 2 heteroatoms. The number of hydrogen-bond donors (Lipinski definition) is 0. The molecule has 7 aromatic rings. The highest BCUT2D eigenvalue weighted by Crippen LogP contribution is 2.39. The summed E-state index contributed by atoms with van der Waals surface area (Å²) in [5.41, 5.74) is 6.50. The Morgan fingerprint density at radius 2 is 0.861 bits per heavy atom. The van der Waals surface area contributed by atoms with Gasteiger partial charge in [-0.3, -0.25) is 0 Å². The minimum atomic E-state index is 0.915. The average Bonchev–Trinajstić information content (AvgIpc) is 3.42. The van der Waals surface area contributed by atoms with Gasteiger partial charge < -0.3 is 8.83 Å². The van der Waals surface area contributed by atoms with Gasteiger partial charge in [0.25, 0.3) is 0 Å². The number of unbranched alkanes of at least 4 members (excludes halogenated alkanes) is 2. The molecule has 36 heavy (non-hydrogen) atoms. The van der Waals surface area contributed by atoms with Crippen LogP contribution in [0.3, 0.4) is 0 Å². The van der Waals surface area contributed by atoms with Crippen LogP contribution < -0.4 is 0 Å². The van der Waals surface area contributed by atoms with Gasteiger partial charge in [0.2, 0.25) is 0 Å². The van der Waals surface area contributed by atoms with Gasteiger partial charge in [0, 0.05) is 21.5 Å². The van der Waals surface area contributed by atoms with Crippen LogP contribution in [0, 0.1) is 0 Å². The summed E-state index contributed by atoms with van der Waals surface area (Å²) in [6.07, 6.45) is 7.14. The highest BCUT2D eigenvalue weighted by molar-refractivity contribution is 6.18. The molecule has 0 amide bonds. The molecular weight excluding hydrogens is 440 g/mol. The van der Waals surface area contributed by atoms with Gasteiger partial charge in [0.05, 0.1) is 0 Å². The fourth-order valence-corrected chi connectivity index (χ4v) is 5.70. The van der Waals surface area contributed by atoms with Gasteiger partial charge in [-0.05, 0) is 94.8 Å². The van der Waals surface area contributed by atoms with Crippen molar-refractivity contribution in [2.75, 3.05) is 0 Å². The van der Waals surface area contributed by atoms with Gasteiger partial charge in [-0.15, -0.1) is 0 Å². The van der Waals surface area contributed by atoms with Crippen LogP contribution in [-0.4, -0.2) is 0 Å². The van der Waals surface area contributed by atoms with Gasteiger partial charge in [-0.25, -0.2) is 0 Å². The summed E-state index contributed by atoms with van der Waals surface area (Å²) in [6, 6.07) is 26.9. The number of furan rings is 2. The second kappa shape index (κ2) is 8.41. The summed E-state index contributed by atoms with van der Waals surface area (Å²) >= 11 is 0. The predicted octanol–water partition coefficient (Wildman–Crippen LogP) is 10.5. The minimum Gasteiger partial charge on any atom is -0.456 e. The molecule has 7 rings (SSSR count). The van der Waals surface area contributed by atoms with Crippen LogP contribution in [0.15, 0.2) is 81.6 Å². The van der Waals surface area contributed by atoms with E-state index in [1.54, 1.807) is 0 Å². The van der Waals surface area contributed by atoms with Crippen LogP contribution in [0.2, 0.25) is 0 Å². The fourth-order valence-electron chi connectivity index (χ4n) is 5.70. The van der Waals surface area contributed by atoms with Crippen molar-refractivity contribution in [3.63, 3.8) is 0 Å². The molecule has 0 N–H and O–H groups in total. The van der Waals surface area contributed by atoms with Gasteiger partial charge in [0.1, 0.15) is 22.3 Å². The first-order chi connectivity index (χ1) is 17.7. The average molecular weight is 471 g/mol. The van der Waals surface area contributed by atoms with E-state index in [2.05, 4.69) is 86.6 Å². The first kappa shape index (κ1) is 21.5. The highest BCUT2D eigenvalue weighted by atomic mass is 16.3. The van der Waals surface area contributed by atoms with E-state index in [0.29, 0.717) is 0 Å². The van der Waals surface area contributed by atoms with Gasteiger partial charge in [-0.1, -0.05) is 63.1 Å². The van der Waals surface area contributed by atoms with E-state index in [1.165, 1.54) is 58.4 Å². The second-order valence-electron chi connectivity index (χ2n) is 10.3. The van der Waals surface area contributed by atoms with Gasteiger partial charge >= 0.3 is 0 Å². The van der Waals surface area contributed by atoms with Crippen molar-refractivity contribution >= 4 is 65.4 Å². The molecule has 2 nitrogen and oxygen atoms in total. The van der Waals surface area contributed by atoms with E-state index in [-0.39, 0.29) is 0 Å². The molecule has 0 aliphatic carbocycles. The Morgan fingerprint density at radius 1 is 0.444 bits per heavy atom. The first-order valence-corrected chi connectivity index (χ1v) is 13.4. The molecule has 5 aromatic carbocycles. The van der Waals surface area contributed by atoms with Crippen molar-refractivity contribution in [2.24, 2.45) is 0 Å². The molecule has 2 heterocycles. The molecule has 0 spiro atoms. The summed E-state index contributed by atoms with van der Waals surface area (Å²) in [7, 11) is 0. The van der Waals surface area contributed by atoms with Gasteiger partial charge in [0.15, 0.2) is 0 Å². The number of aryl methyl sites for hydroxylation is 2.